The molecule has 0 spiro atoms. The molecule has 1 aromatic heterocycles. The molecule has 0 radical (unpaired) electrons. The minimum absolute atomic E-state index is 0.331. The van der Waals surface area contributed by atoms with Crippen LogP contribution in [0.1, 0.15) is 0 Å². The molecule has 0 fully saturated rings. The van der Waals surface area contributed by atoms with E-state index in [-0.39, 0.29) is 5.15 Å². The van der Waals surface area contributed by atoms with E-state index in [1.165, 1.54) is 12.3 Å². The topological polar surface area (TPSA) is 59.1 Å². The molecule has 1 heterocycles. The maximum absolute atomic E-state index is 13.4. The van der Waals surface area contributed by atoms with Crippen molar-refractivity contribution in [2.45, 2.75) is 4.90 Å². The Morgan fingerprint density at radius 1 is 1.10 bits per heavy atom. The summed E-state index contributed by atoms with van der Waals surface area (Å²) in [6.07, 6.45) is 1.26. The van der Waals surface area contributed by atoms with Gasteiger partial charge in [0, 0.05) is 6.20 Å². The number of nitrogens with one attached hydrogen (secondary N) is 1. The summed E-state index contributed by atoms with van der Waals surface area (Å²) in [5.74, 6) is -4.85. The Morgan fingerprint density at radius 2 is 1.80 bits per heavy atom. The van der Waals surface area contributed by atoms with E-state index >= 15 is 0 Å². The summed E-state index contributed by atoms with van der Waals surface area (Å²) in [5, 5.41) is -0.331. The van der Waals surface area contributed by atoms with E-state index in [4.69, 9.17) is 11.6 Å². The highest BCUT2D eigenvalue weighted by Gasteiger charge is 2.22. The quantitative estimate of drug-likeness (QED) is 0.698. The number of pyridine rings is 1. The van der Waals surface area contributed by atoms with Gasteiger partial charge < -0.3 is 0 Å². The fourth-order valence-corrected chi connectivity index (χ4v) is 2.89. The lowest BCUT2D eigenvalue weighted by Gasteiger charge is -2.10. The van der Waals surface area contributed by atoms with Crippen molar-refractivity contribution in [3.63, 3.8) is 0 Å². The molecule has 0 amide bonds. The van der Waals surface area contributed by atoms with Gasteiger partial charge in [-0.25, -0.2) is 26.6 Å². The standard InChI is InChI=1S/C11H6ClF3N2O2S/c12-11-8(2-1-5-16-11)20(18,19)17-7-4-3-6(13)9(14)10(7)15/h1-5,17H. The molecule has 2 aromatic rings. The van der Waals surface area contributed by atoms with Crippen LogP contribution in [0.15, 0.2) is 35.4 Å². The maximum atomic E-state index is 13.4. The summed E-state index contributed by atoms with van der Waals surface area (Å²) in [6, 6.07) is 3.80. The second kappa shape index (κ2) is 5.29. The molecule has 0 bridgehead atoms. The molecule has 2 rings (SSSR count). The van der Waals surface area contributed by atoms with E-state index in [1.807, 2.05) is 0 Å². The average molecular weight is 323 g/mol. The molecular weight excluding hydrogens is 317 g/mol. The summed E-state index contributed by atoms with van der Waals surface area (Å²) in [5.41, 5.74) is -0.733. The normalized spacial score (nSPS) is 11.4. The summed E-state index contributed by atoms with van der Waals surface area (Å²) < 4.78 is 64.9. The molecule has 0 aliphatic rings. The molecule has 1 N–H and O–H groups in total. The molecule has 0 aliphatic carbocycles. The van der Waals surface area contributed by atoms with Crippen LogP contribution in [0.3, 0.4) is 0 Å². The molecule has 20 heavy (non-hydrogen) atoms. The van der Waals surface area contributed by atoms with Crippen LogP contribution < -0.4 is 4.72 Å². The first-order chi connectivity index (χ1) is 9.33. The van der Waals surface area contributed by atoms with Crippen LogP contribution in [0.25, 0.3) is 0 Å². The molecule has 0 atom stereocenters. The number of nitrogens with zero attached hydrogens (tertiary/aromatic N) is 1. The van der Waals surface area contributed by atoms with Crippen molar-refractivity contribution in [1.82, 2.24) is 4.98 Å². The molecular formula is C11H6ClF3N2O2S. The first-order valence-corrected chi connectivity index (χ1v) is 6.96. The second-order valence-electron chi connectivity index (χ2n) is 3.62. The second-order valence-corrected chi connectivity index (χ2v) is 5.63. The van der Waals surface area contributed by atoms with Crippen LogP contribution >= 0.6 is 11.6 Å². The van der Waals surface area contributed by atoms with Crippen molar-refractivity contribution >= 4 is 27.3 Å². The Bertz CT molecular complexity index is 768. The van der Waals surface area contributed by atoms with Crippen LogP contribution in [-0.2, 0) is 10.0 Å². The molecule has 0 aliphatic heterocycles. The Morgan fingerprint density at radius 3 is 2.45 bits per heavy atom. The zero-order valence-electron chi connectivity index (χ0n) is 9.57. The third-order valence-corrected chi connectivity index (χ3v) is 4.10. The number of rotatable bonds is 3. The highest BCUT2D eigenvalue weighted by molar-refractivity contribution is 7.92. The molecule has 0 saturated carbocycles. The third kappa shape index (κ3) is 2.70. The Kier molecular flexibility index (Phi) is 3.87. The lowest BCUT2D eigenvalue weighted by atomic mass is 10.3. The first kappa shape index (κ1) is 14.6. The van der Waals surface area contributed by atoms with Crippen LogP contribution in [0, 0.1) is 17.5 Å². The van der Waals surface area contributed by atoms with Crippen molar-refractivity contribution in [2.75, 3.05) is 4.72 Å². The smallest absolute Gasteiger partial charge is 0.265 e. The first-order valence-electron chi connectivity index (χ1n) is 5.10. The van der Waals surface area contributed by atoms with Crippen LogP contribution in [0.4, 0.5) is 18.9 Å². The molecule has 0 unspecified atom stereocenters. The number of benzene rings is 1. The lowest BCUT2D eigenvalue weighted by Crippen LogP contribution is -2.15. The van der Waals surface area contributed by atoms with E-state index in [0.29, 0.717) is 6.07 Å². The van der Waals surface area contributed by atoms with Gasteiger partial charge in [-0.3, -0.25) is 4.72 Å². The largest absolute Gasteiger partial charge is 0.276 e. The van der Waals surface area contributed by atoms with Crippen molar-refractivity contribution < 1.29 is 21.6 Å². The number of halogens is 4. The van der Waals surface area contributed by atoms with E-state index in [2.05, 4.69) is 4.98 Å². The fraction of sp³-hybridized carbons (Fsp3) is 0. The highest BCUT2D eigenvalue weighted by Crippen LogP contribution is 2.25. The van der Waals surface area contributed by atoms with Gasteiger partial charge in [0.2, 0.25) is 0 Å². The summed E-state index contributed by atoms with van der Waals surface area (Å²) in [7, 11) is -4.27. The highest BCUT2D eigenvalue weighted by atomic mass is 35.5. The van der Waals surface area contributed by atoms with Gasteiger partial charge in [-0.15, -0.1) is 0 Å². The predicted octanol–water partition coefficient (Wildman–Crippen LogP) is 2.95. The monoisotopic (exact) mass is 322 g/mol. The van der Waals surface area contributed by atoms with Crippen LogP contribution in [0.2, 0.25) is 5.15 Å². The molecule has 0 saturated heterocycles. The summed E-state index contributed by atoms with van der Waals surface area (Å²) in [4.78, 5) is 3.15. The van der Waals surface area contributed by atoms with Gasteiger partial charge in [-0.05, 0) is 24.3 Å². The number of anilines is 1. The van der Waals surface area contributed by atoms with Crippen molar-refractivity contribution in [3.05, 3.63) is 53.1 Å². The number of hydrogen-bond acceptors (Lipinski definition) is 3. The summed E-state index contributed by atoms with van der Waals surface area (Å²) >= 11 is 5.61. The molecule has 4 nitrogen and oxygen atoms in total. The minimum atomic E-state index is -4.27. The van der Waals surface area contributed by atoms with E-state index in [1.54, 1.807) is 4.72 Å². The fourth-order valence-electron chi connectivity index (χ4n) is 1.38. The zero-order chi connectivity index (χ0) is 14.9. The summed E-state index contributed by atoms with van der Waals surface area (Å²) in [6.45, 7) is 0. The third-order valence-electron chi connectivity index (χ3n) is 2.29. The maximum Gasteiger partial charge on any atom is 0.265 e. The molecule has 9 heteroatoms. The average Bonchev–Trinajstić information content (AvgIpc) is 2.40. The van der Waals surface area contributed by atoms with Gasteiger partial charge in [0.15, 0.2) is 17.5 Å². The Balaban J connectivity index is 2.45. The van der Waals surface area contributed by atoms with Gasteiger partial charge in [-0.2, -0.15) is 0 Å². The van der Waals surface area contributed by atoms with Crippen LogP contribution in [-0.4, -0.2) is 13.4 Å². The van der Waals surface area contributed by atoms with Gasteiger partial charge in [0.1, 0.15) is 10.0 Å². The number of aromatic nitrogens is 1. The van der Waals surface area contributed by atoms with Crippen LogP contribution in [0.5, 0.6) is 0 Å². The molecule has 1 aromatic carbocycles. The lowest BCUT2D eigenvalue weighted by molar-refractivity contribution is 0.449. The Hall–Kier alpha value is -1.80. The van der Waals surface area contributed by atoms with Crippen molar-refractivity contribution in [1.29, 1.82) is 0 Å². The van der Waals surface area contributed by atoms with Gasteiger partial charge in [0.05, 0.1) is 5.69 Å². The molecule has 106 valence electrons. The number of sulfonamides is 1. The predicted molar refractivity (Wildman–Crippen MR) is 66.4 cm³/mol. The van der Waals surface area contributed by atoms with Gasteiger partial charge >= 0.3 is 0 Å². The minimum Gasteiger partial charge on any atom is -0.276 e. The van der Waals surface area contributed by atoms with Crippen molar-refractivity contribution in [3.8, 4) is 0 Å². The van der Waals surface area contributed by atoms with E-state index in [0.717, 1.165) is 12.1 Å². The number of hydrogen-bond donors (Lipinski definition) is 1. The Labute approximate surface area is 117 Å². The zero-order valence-corrected chi connectivity index (χ0v) is 11.1. The van der Waals surface area contributed by atoms with Crippen molar-refractivity contribution in [2.24, 2.45) is 0 Å². The van der Waals surface area contributed by atoms with E-state index < -0.39 is 38.1 Å². The van der Waals surface area contributed by atoms with Gasteiger partial charge in [0.25, 0.3) is 10.0 Å². The SMILES string of the molecule is O=S(=O)(Nc1ccc(F)c(F)c1F)c1cccnc1Cl. The van der Waals surface area contributed by atoms with Gasteiger partial charge in [-0.1, -0.05) is 11.6 Å². The van der Waals surface area contributed by atoms with E-state index in [9.17, 15) is 21.6 Å².